The Kier molecular flexibility index (Phi) is 3.00. The van der Waals surface area contributed by atoms with Crippen LogP contribution >= 0.6 is 15.9 Å². The van der Waals surface area contributed by atoms with Gasteiger partial charge in [-0.3, -0.25) is 0 Å². The fourth-order valence-corrected chi connectivity index (χ4v) is 3.60. The van der Waals surface area contributed by atoms with Crippen molar-refractivity contribution in [3.05, 3.63) is 16.1 Å². The quantitative estimate of drug-likeness (QED) is 0.861. The molecule has 1 N–H and O–H groups in total. The highest BCUT2D eigenvalue weighted by Gasteiger charge is 2.31. The fraction of sp³-hybridized carbons (Fsp3) is 0.750. The Morgan fingerprint density at radius 1 is 1.41 bits per heavy atom. The van der Waals surface area contributed by atoms with Gasteiger partial charge in [0.15, 0.2) is 0 Å². The molecule has 0 spiro atoms. The monoisotopic (exact) mass is 299 g/mol. The number of aliphatic hydroxyl groups is 1. The molecule has 0 aromatic carbocycles. The van der Waals surface area contributed by atoms with E-state index < -0.39 is 0 Å². The maximum atomic E-state index is 10.2. The number of imidazole rings is 1. The van der Waals surface area contributed by atoms with E-state index in [1.807, 2.05) is 0 Å². The van der Waals surface area contributed by atoms with Crippen molar-refractivity contribution >= 4 is 15.9 Å². The summed E-state index contributed by atoms with van der Waals surface area (Å²) in [5.41, 5.74) is 1.17. The molecule has 3 heterocycles. The lowest BCUT2D eigenvalue weighted by Crippen LogP contribution is -2.22. The van der Waals surface area contributed by atoms with Gasteiger partial charge in [0.2, 0.25) is 0 Å². The van der Waals surface area contributed by atoms with Crippen LogP contribution < -0.4 is 0 Å². The van der Waals surface area contributed by atoms with E-state index in [-0.39, 0.29) is 6.23 Å². The molecule has 0 radical (unpaired) electrons. The van der Waals surface area contributed by atoms with Crippen molar-refractivity contribution in [2.24, 2.45) is 0 Å². The van der Waals surface area contributed by atoms with E-state index in [0.29, 0.717) is 5.92 Å². The molecule has 0 bridgehead atoms. The summed E-state index contributed by atoms with van der Waals surface area (Å²) in [5, 5.41) is 10.2. The highest BCUT2D eigenvalue weighted by molar-refractivity contribution is 9.10. The molecule has 0 aliphatic carbocycles. The van der Waals surface area contributed by atoms with Gasteiger partial charge in [0, 0.05) is 12.5 Å². The first-order chi connectivity index (χ1) is 8.16. The molecule has 1 aromatic rings. The van der Waals surface area contributed by atoms with E-state index in [2.05, 4.69) is 37.4 Å². The molecule has 1 fully saturated rings. The zero-order valence-electron chi connectivity index (χ0n) is 10.1. The Morgan fingerprint density at radius 3 is 2.94 bits per heavy atom. The van der Waals surface area contributed by atoms with Crippen LogP contribution in [0.4, 0.5) is 0 Å². The van der Waals surface area contributed by atoms with Crippen molar-refractivity contribution < 1.29 is 5.11 Å². The first kappa shape index (κ1) is 11.7. The standard InChI is InChI=1S/C12H18BrN3O/c1-15-6-5-8(7-15)12-14-11(13)9-3-2-4-10(17)16(9)12/h8,10,17H,2-7H2,1H3. The SMILES string of the molecule is CN1CCC(c2nc(Br)c3n2C(O)CCC3)C1. The van der Waals surface area contributed by atoms with Crippen LogP contribution in [0.15, 0.2) is 4.60 Å². The topological polar surface area (TPSA) is 41.3 Å². The molecular formula is C12H18BrN3O. The number of nitrogens with zero attached hydrogens (tertiary/aromatic N) is 3. The van der Waals surface area contributed by atoms with Crippen LogP contribution in [-0.4, -0.2) is 39.7 Å². The first-order valence-electron chi connectivity index (χ1n) is 6.30. The summed E-state index contributed by atoms with van der Waals surface area (Å²) in [6, 6.07) is 0. The largest absolute Gasteiger partial charge is 0.373 e. The van der Waals surface area contributed by atoms with Gasteiger partial charge in [0.05, 0.1) is 5.69 Å². The number of halogens is 1. The Balaban J connectivity index is 2.00. The number of aromatic nitrogens is 2. The number of hydrogen-bond acceptors (Lipinski definition) is 3. The van der Waals surface area contributed by atoms with Crippen molar-refractivity contribution in [2.75, 3.05) is 20.1 Å². The second-order valence-corrected chi connectivity index (χ2v) is 5.95. The predicted molar refractivity (Wildman–Crippen MR) is 69.0 cm³/mol. The molecule has 17 heavy (non-hydrogen) atoms. The third-order valence-corrected chi connectivity index (χ3v) is 4.55. The van der Waals surface area contributed by atoms with E-state index >= 15 is 0 Å². The van der Waals surface area contributed by atoms with Crippen LogP contribution in [0.1, 0.15) is 42.9 Å². The molecular weight excluding hydrogens is 282 g/mol. The van der Waals surface area contributed by atoms with Crippen molar-refractivity contribution in [3.63, 3.8) is 0 Å². The number of likely N-dealkylation sites (tertiary alicyclic amines) is 1. The molecule has 0 saturated carbocycles. The first-order valence-corrected chi connectivity index (χ1v) is 7.09. The fourth-order valence-electron chi connectivity index (χ4n) is 3.03. The van der Waals surface area contributed by atoms with Crippen LogP contribution in [0.3, 0.4) is 0 Å². The van der Waals surface area contributed by atoms with Gasteiger partial charge in [-0.1, -0.05) is 0 Å². The van der Waals surface area contributed by atoms with Crippen LogP contribution in [0, 0.1) is 0 Å². The van der Waals surface area contributed by atoms with Crippen LogP contribution in [0.5, 0.6) is 0 Å². The minimum Gasteiger partial charge on any atom is -0.373 e. The minimum absolute atomic E-state index is 0.376. The highest BCUT2D eigenvalue weighted by Crippen LogP contribution is 2.35. The van der Waals surface area contributed by atoms with Crippen LogP contribution in [-0.2, 0) is 6.42 Å². The highest BCUT2D eigenvalue weighted by atomic mass is 79.9. The summed E-state index contributed by atoms with van der Waals surface area (Å²) in [4.78, 5) is 6.98. The lowest BCUT2D eigenvalue weighted by Gasteiger charge is -2.24. The molecule has 2 unspecified atom stereocenters. The Bertz CT molecular complexity index is 432. The van der Waals surface area contributed by atoms with Gasteiger partial charge in [0.1, 0.15) is 16.7 Å². The summed E-state index contributed by atoms with van der Waals surface area (Å²) in [5.74, 6) is 1.54. The van der Waals surface area contributed by atoms with Crippen LogP contribution in [0.25, 0.3) is 0 Å². The number of aliphatic hydroxyl groups excluding tert-OH is 1. The predicted octanol–water partition coefficient (Wildman–Crippen LogP) is 1.89. The maximum absolute atomic E-state index is 10.2. The lowest BCUT2D eigenvalue weighted by atomic mass is 10.1. The van der Waals surface area contributed by atoms with Gasteiger partial charge in [-0.2, -0.15) is 0 Å². The minimum atomic E-state index is -0.376. The molecule has 2 atom stereocenters. The second kappa shape index (κ2) is 4.37. The maximum Gasteiger partial charge on any atom is 0.132 e. The molecule has 1 aromatic heterocycles. The molecule has 94 valence electrons. The zero-order chi connectivity index (χ0) is 12.0. The molecule has 3 rings (SSSR count). The van der Waals surface area contributed by atoms with Crippen molar-refractivity contribution in [1.29, 1.82) is 0 Å². The molecule has 4 nitrogen and oxygen atoms in total. The average molecular weight is 300 g/mol. The van der Waals surface area contributed by atoms with Crippen molar-refractivity contribution in [1.82, 2.24) is 14.5 Å². The number of fused-ring (bicyclic) bond motifs is 1. The van der Waals surface area contributed by atoms with Gasteiger partial charge in [-0.25, -0.2) is 4.98 Å². The second-order valence-electron chi connectivity index (χ2n) is 5.20. The van der Waals surface area contributed by atoms with Gasteiger partial charge >= 0.3 is 0 Å². The number of likely N-dealkylation sites (N-methyl/N-ethyl adjacent to an activating group) is 1. The van der Waals surface area contributed by atoms with Gasteiger partial charge < -0.3 is 14.6 Å². The lowest BCUT2D eigenvalue weighted by molar-refractivity contribution is 0.0745. The summed E-state index contributed by atoms with van der Waals surface area (Å²) in [6.45, 7) is 2.18. The summed E-state index contributed by atoms with van der Waals surface area (Å²) in [7, 11) is 2.14. The molecule has 2 aliphatic rings. The van der Waals surface area contributed by atoms with E-state index in [9.17, 15) is 5.11 Å². The van der Waals surface area contributed by atoms with Gasteiger partial charge in [-0.15, -0.1) is 0 Å². The smallest absolute Gasteiger partial charge is 0.132 e. The number of hydrogen-bond donors (Lipinski definition) is 1. The van der Waals surface area contributed by atoms with E-state index in [4.69, 9.17) is 0 Å². The third-order valence-electron chi connectivity index (χ3n) is 3.92. The molecule has 2 aliphatic heterocycles. The van der Waals surface area contributed by atoms with Gasteiger partial charge in [-0.05, 0) is 55.2 Å². The van der Waals surface area contributed by atoms with Crippen molar-refractivity contribution in [2.45, 2.75) is 37.8 Å². The van der Waals surface area contributed by atoms with Crippen molar-refractivity contribution in [3.8, 4) is 0 Å². The Labute approximate surface area is 110 Å². The Morgan fingerprint density at radius 2 is 2.24 bits per heavy atom. The average Bonchev–Trinajstić information content (AvgIpc) is 2.85. The Hall–Kier alpha value is -0.390. The zero-order valence-corrected chi connectivity index (χ0v) is 11.7. The summed E-state index contributed by atoms with van der Waals surface area (Å²) >= 11 is 3.54. The van der Waals surface area contributed by atoms with E-state index in [1.54, 1.807) is 0 Å². The van der Waals surface area contributed by atoms with E-state index in [1.165, 1.54) is 5.69 Å². The number of rotatable bonds is 1. The molecule has 5 heteroatoms. The molecule has 0 amide bonds. The van der Waals surface area contributed by atoms with Crippen LogP contribution in [0.2, 0.25) is 0 Å². The van der Waals surface area contributed by atoms with Gasteiger partial charge in [0.25, 0.3) is 0 Å². The summed E-state index contributed by atoms with van der Waals surface area (Å²) < 4.78 is 3.00. The molecule has 1 saturated heterocycles. The normalized spacial score (nSPS) is 29.6. The van der Waals surface area contributed by atoms with E-state index in [0.717, 1.165) is 49.2 Å². The third kappa shape index (κ3) is 1.94. The summed E-state index contributed by atoms with van der Waals surface area (Å²) in [6.07, 6.45) is 3.69.